The zero-order valence-corrected chi connectivity index (χ0v) is 19.1. The van der Waals surface area contributed by atoms with Crippen LogP contribution in [-0.2, 0) is 9.59 Å². The fourth-order valence-corrected chi connectivity index (χ4v) is 2.66. The van der Waals surface area contributed by atoms with E-state index in [0.29, 0.717) is 16.7 Å². The topological polar surface area (TPSA) is 110 Å². The van der Waals surface area contributed by atoms with Crippen molar-refractivity contribution in [3.63, 3.8) is 0 Å². The second-order valence-electron chi connectivity index (χ2n) is 9.47. The molecule has 0 amide bonds. The van der Waals surface area contributed by atoms with Gasteiger partial charge in [-0.3, -0.25) is 0 Å². The average Bonchev–Trinajstić information content (AvgIpc) is 3.76. The lowest BCUT2D eigenvalue weighted by Gasteiger charge is -2.02. The number of rotatable bonds is 2. The summed E-state index contributed by atoms with van der Waals surface area (Å²) in [5.74, 6) is 6.02. The molecular formula is C25H33N5O2. The Balaban J connectivity index is 0.000000149. The molecule has 2 aliphatic heterocycles. The SMILES string of the molecule is C#CC1(C)CC1.C#CC1CC1.CC1(C2=CCN=N2)CC1.NC1(C2=CCN=N2)CC1.O=C=O. The van der Waals surface area contributed by atoms with Crippen molar-refractivity contribution < 1.29 is 9.59 Å². The van der Waals surface area contributed by atoms with Crippen LogP contribution in [0.4, 0.5) is 0 Å². The number of nitrogens with two attached hydrogens (primary N) is 1. The Bertz CT molecular complexity index is 850. The first kappa shape index (κ1) is 25.4. The number of hydrogen-bond acceptors (Lipinski definition) is 7. The summed E-state index contributed by atoms with van der Waals surface area (Å²) in [5, 5.41) is 15.7. The van der Waals surface area contributed by atoms with Crippen molar-refractivity contribution in [2.75, 3.05) is 13.1 Å². The molecular weight excluding hydrogens is 402 g/mol. The molecule has 0 bridgehead atoms. The van der Waals surface area contributed by atoms with E-state index in [1.54, 1.807) is 0 Å². The average molecular weight is 436 g/mol. The van der Waals surface area contributed by atoms with Gasteiger partial charge in [-0.1, -0.05) is 6.92 Å². The minimum absolute atomic E-state index is 0.0694. The molecule has 0 atom stereocenters. The van der Waals surface area contributed by atoms with Gasteiger partial charge in [0.05, 0.1) is 30.0 Å². The smallest absolute Gasteiger partial charge is 0.320 e. The molecule has 170 valence electrons. The molecule has 0 unspecified atom stereocenters. The van der Waals surface area contributed by atoms with E-state index >= 15 is 0 Å². The third-order valence-electron chi connectivity index (χ3n) is 6.17. The van der Waals surface area contributed by atoms with E-state index in [9.17, 15) is 0 Å². The van der Waals surface area contributed by atoms with E-state index in [4.69, 9.17) is 28.2 Å². The first-order valence-electron chi connectivity index (χ1n) is 11.1. The van der Waals surface area contributed by atoms with Gasteiger partial charge < -0.3 is 5.73 Å². The lowest BCUT2D eigenvalue weighted by Crippen LogP contribution is -2.22. The van der Waals surface area contributed by atoms with Gasteiger partial charge in [0.25, 0.3) is 0 Å². The number of terminal acetylenes is 2. The Kier molecular flexibility index (Phi) is 8.84. The van der Waals surface area contributed by atoms with Crippen LogP contribution in [0.3, 0.4) is 0 Å². The van der Waals surface area contributed by atoms with Crippen molar-refractivity contribution in [1.82, 2.24) is 0 Å². The molecule has 2 N–H and O–H groups in total. The maximum Gasteiger partial charge on any atom is 0.373 e. The largest absolute Gasteiger partial charge is 0.373 e. The molecule has 7 heteroatoms. The fraction of sp³-hybridized carbons (Fsp3) is 0.640. The van der Waals surface area contributed by atoms with E-state index in [2.05, 4.69) is 52.2 Å². The summed E-state index contributed by atoms with van der Waals surface area (Å²) in [7, 11) is 0. The van der Waals surface area contributed by atoms with Crippen LogP contribution in [0.5, 0.6) is 0 Å². The zero-order chi connectivity index (χ0) is 23.7. The van der Waals surface area contributed by atoms with Gasteiger partial charge in [0.15, 0.2) is 0 Å². The standard InChI is InChI=1S/C7H10N2.C6H9N3.C6H8.C5H6.CO2/c1-7(3-4-7)6-2-5-8-9-6;7-6(2-3-6)5-1-4-8-9-5;1-3-6(2)4-5-6;1-2-5-3-4-5;2-1-3/h2H,3-5H2,1H3;1H,2-4,7H2;1H,4-5H2,2H3;1,5H,3-4H2;. The Hall–Kier alpha value is -2.86. The Labute approximate surface area is 191 Å². The van der Waals surface area contributed by atoms with Crippen LogP contribution in [0.2, 0.25) is 0 Å². The Morgan fingerprint density at radius 2 is 1.41 bits per heavy atom. The van der Waals surface area contributed by atoms with E-state index in [1.165, 1.54) is 44.2 Å². The van der Waals surface area contributed by atoms with Crippen LogP contribution in [0.15, 0.2) is 44.0 Å². The fourth-order valence-electron chi connectivity index (χ4n) is 2.66. The summed E-state index contributed by atoms with van der Waals surface area (Å²) in [4.78, 5) is 16.2. The first-order chi connectivity index (χ1) is 15.2. The van der Waals surface area contributed by atoms with E-state index in [-0.39, 0.29) is 11.7 Å². The van der Waals surface area contributed by atoms with Crippen molar-refractivity contribution in [3.8, 4) is 24.7 Å². The third-order valence-corrected chi connectivity index (χ3v) is 6.17. The summed E-state index contributed by atoms with van der Waals surface area (Å²) >= 11 is 0. The molecule has 0 spiro atoms. The van der Waals surface area contributed by atoms with Crippen LogP contribution in [0.25, 0.3) is 0 Å². The van der Waals surface area contributed by atoms with Gasteiger partial charge in [-0.2, -0.15) is 30.0 Å². The molecule has 0 saturated heterocycles. The van der Waals surface area contributed by atoms with Gasteiger partial charge in [-0.15, -0.1) is 24.7 Å². The van der Waals surface area contributed by atoms with Gasteiger partial charge >= 0.3 is 6.15 Å². The van der Waals surface area contributed by atoms with Crippen LogP contribution in [-0.4, -0.2) is 24.8 Å². The van der Waals surface area contributed by atoms with Gasteiger partial charge in [0.1, 0.15) is 0 Å². The quantitative estimate of drug-likeness (QED) is 0.627. The van der Waals surface area contributed by atoms with Crippen molar-refractivity contribution >= 4 is 6.15 Å². The van der Waals surface area contributed by atoms with E-state index < -0.39 is 0 Å². The second kappa shape index (κ2) is 11.1. The van der Waals surface area contributed by atoms with Gasteiger partial charge in [-0.05, 0) is 70.4 Å². The molecule has 6 rings (SSSR count). The summed E-state index contributed by atoms with van der Waals surface area (Å²) in [6.07, 6.45) is 24.3. The number of hydrogen-bond donors (Lipinski definition) is 1. The highest BCUT2D eigenvalue weighted by molar-refractivity contribution is 5.27. The molecule has 7 nitrogen and oxygen atoms in total. The Morgan fingerprint density at radius 1 is 0.906 bits per heavy atom. The van der Waals surface area contributed by atoms with Crippen LogP contribution in [0.1, 0.15) is 65.2 Å². The molecule has 2 heterocycles. The number of azo groups is 2. The van der Waals surface area contributed by atoms with Crippen molar-refractivity contribution in [1.29, 1.82) is 0 Å². The van der Waals surface area contributed by atoms with Crippen LogP contribution < -0.4 is 5.73 Å². The summed E-state index contributed by atoms with van der Waals surface area (Å²) in [6, 6.07) is 0. The maximum atomic E-state index is 8.12. The molecule has 0 radical (unpaired) electrons. The van der Waals surface area contributed by atoms with Gasteiger partial charge in [0.2, 0.25) is 0 Å². The number of nitrogens with zero attached hydrogens (tertiary/aromatic N) is 4. The molecule has 4 fully saturated rings. The molecule has 0 aromatic heterocycles. The van der Waals surface area contributed by atoms with E-state index in [0.717, 1.165) is 31.6 Å². The van der Waals surface area contributed by atoms with Gasteiger partial charge in [-0.25, -0.2) is 0 Å². The van der Waals surface area contributed by atoms with Crippen molar-refractivity contribution in [2.24, 2.45) is 42.9 Å². The summed E-state index contributed by atoms with van der Waals surface area (Å²) < 4.78 is 0. The first-order valence-corrected chi connectivity index (χ1v) is 11.1. The zero-order valence-electron chi connectivity index (χ0n) is 19.1. The van der Waals surface area contributed by atoms with E-state index in [1.807, 2.05) is 6.08 Å². The maximum absolute atomic E-state index is 8.12. The highest BCUT2D eigenvalue weighted by Crippen LogP contribution is 2.52. The molecule has 32 heavy (non-hydrogen) atoms. The minimum atomic E-state index is -0.0694. The summed E-state index contributed by atoms with van der Waals surface area (Å²) in [5.41, 5.74) is 8.74. The lowest BCUT2D eigenvalue weighted by molar-refractivity contribution is -0.191. The monoisotopic (exact) mass is 435 g/mol. The van der Waals surface area contributed by atoms with Crippen molar-refractivity contribution in [3.05, 3.63) is 23.5 Å². The predicted octanol–water partition coefficient (Wildman–Crippen LogP) is 4.83. The van der Waals surface area contributed by atoms with Crippen LogP contribution >= 0.6 is 0 Å². The van der Waals surface area contributed by atoms with Gasteiger partial charge in [0, 0.05) is 16.7 Å². The third kappa shape index (κ3) is 8.71. The lowest BCUT2D eigenvalue weighted by atomic mass is 10.1. The molecule has 6 aliphatic rings. The predicted molar refractivity (Wildman–Crippen MR) is 122 cm³/mol. The Morgan fingerprint density at radius 3 is 1.62 bits per heavy atom. The van der Waals surface area contributed by atoms with Crippen molar-refractivity contribution in [2.45, 2.75) is 70.8 Å². The highest BCUT2D eigenvalue weighted by Gasteiger charge is 2.43. The number of allylic oxidation sites excluding steroid dienone is 1. The molecule has 0 aromatic carbocycles. The summed E-state index contributed by atoms with van der Waals surface area (Å²) in [6.45, 7) is 5.91. The molecule has 4 saturated carbocycles. The minimum Gasteiger partial charge on any atom is -0.320 e. The normalized spacial score (nSPS) is 24.3. The van der Waals surface area contributed by atoms with Crippen LogP contribution in [0, 0.1) is 41.4 Å². The number of carbonyl (C=O) groups excluding carboxylic acids is 2. The molecule has 4 aliphatic carbocycles. The highest BCUT2D eigenvalue weighted by atomic mass is 16.2. The molecule has 0 aromatic rings. The second-order valence-corrected chi connectivity index (χ2v) is 9.47.